The lowest BCUT2D eigenvalue weighted by molar-refractivity contribution is 0.138. The van der Waals surface area contributed by atoms with E-state index in [0.717, 1.165) is 25.8 Å². The lowest BCUT2D eigenvalue weighted by Gasteiger charge is -2.37. The molecule has 0 radical (unpaired) electrons. The number of hydrogen-bond donors (Lipinski definition) is 2. The van der Waals surface area contributed by atoms with Crippen LogP contribution in [-0.2, 0) is 14.9 Å². The Labute approximate surface area is 128 Å². The van der Waals surface area contributed by atoms with Crippen molar-refractivity contribution in [1.82, 2.24) is 14.3 Å². The summed E-state index contributed by atoms with van der Waals surface area (Å²) in [5.41, 5.74) is -0.598. The Bertz CT molecular complexity index is 435. The van der Waals surface area contributed by atoms with Gasteiger partial charge in [-0.05, 0) is 39.5 Å². The number of methoxy groups -OCH3 is 1. The lowest BCUT2D eigenvalue weighted by Crippen LogP contribution is -2.57. The van der Waals surface area contributed by atoms with E-state index < -0.39 is 15.7 Å². The van der Waals surface area contributed by atoms with Gasteiger partial charge < -0.3 is 10.1 Å². The van der Waals surface area contributed by atoms with Crippen LogP contribution in [0.2, 0.25) is 0 Å². The summed E-state index contributed by atoms with van der Waals surface area (Å²) >= 11 is 0. The van der Waals surface area contributed by atoms with Crippen molar-refractivity contribution >= 4 is 10.2 Å². The first-order chi connectivity index (χ1) is 9.84. The highest BCUT2D eigenvalue weighted by molar-refractivity contribution is 7.87. The minimum absolute atomic E-state index is 0.0650. The molecule has 7 heteroatoms. The monoisotopic (exact) mass is 319 g/mol. The molecule has 0 aromatic heterocycles. The van der Waals surface area contributed by atoms with Crippen molar-refractivity contribution in [2.75, 3.05) is 26.8 Å². The zero-order chi connectivity index (χ0) is 15.5. The first kappa shape index (κ1) is 17.1. The smallest absolute Gasteiger partial charge is 0.280 e. The third kappa shape index (κ3) is 5.17. The van der Waals surface area contributed by atoms with Crippen molar-refractivity contribution < 1.29 is 13.2 Å². The van der Waals surface area contributed by atoms with Gasteiger partial charge in [-0.1, -0.05) is 6.42 Å². The predicted octanol–water partition coefficient (Wildman–Crippen LogP) is 0.852. The maximum atomic E-state index is 12.7. The van der Waals surface area contributed by atoms with Crippen molar-refractivity contribution in [3.05, 3.63) is 0 Å². The normalized spacial score (nSPS) is 25.2. The van der Waals surface area contributed by atoms with Crippen LogP contribution < -0.4 is 10.0 Å². The summed E-state index contributed by atoms with van der Waals surface area (Å²) < 4.78 is 34.9. The summed E-state index contributed by atoms with van der Waals surface area (Å²) in [4.78, 5) is 0. The van der Waals surface area contributed by atoms with E-state index in [-0.39, 0.29) is 6.04 Å². The van der Waals surface area contributed by atoms with Crippen LogP contribution in [0.1, 0.15) is 46.0 Å². The van der Waals surface area contributed by atoms with Crippen molar-refractivity contribution in [2.45, 2.75) is 63.6 Å². The lowest BCUT2D eigenvalue weighted by atomic mass is 10.1. The molecule has 124 valence electrons. The quantitative estimate of drug-likeness (QED) is 0.696. The van der Waals surface area contributed by atoms with Crippen LogP contribution in [0.3, 0.4) is 0 Å². The average Bonchev–Trinajstić information content (AvgIpc) is 3.19. The van der Waals surface area contributed by atoms with Gasteiger partial charge in [0, 0.05) is 32.3 Å². The Balaban J connectivity index is 1.99. The van der Waals surface area contributed by atoms with E-state index >= 15 is 0 Å². The molecule has 1 aliphatic carbocycles. The van der Waals surface area contributed by atoms with Crippen molar-refractivity contribution in [1.29, 1.82) is 0 Å². The van der Waals surface area contributed by atoms with Crippen LogP contribution in [0.5, 0.6) is 0 Å². The fourth-order valence-electron chi connectivity index (χ4n) is 2.88. The molecular weight excluding hydrogens is 290 g/mol. The van der Waals surface area contributed by atoms with E-state index in [1.165, 1.54) is 12.8 Å². The SMILES string of the molecule is COCC(C)(C)NS(=O)(=O)N1CCCCC1CNC1CC1. The number of rotatable bonds is 8. The Kier molecular flexibility index (Phi) is 5.65. The van der Waals surface area contributed by atoms with Crippen LogP contribution in [0.4, 0.5) is 0 Å². The average molecular weight is 319 g/mol. The first-order valence-corrected chi connectivity index (χ1v) is 9.31. The predicted molar refractivity (Wildman–Crippen MR) is 83.4 cm³/mol. The maximum Gasteiger partial charge on any atom is 0.280 e. The van der Waals surface area contributed by atoms with Crippen LogP contribution >= 0.6 is 0 Å². The molecule has 1 atom stereocenters. The second-order valence-electron chi connectivity index (χ2n) is 6.87. The second-order valence-corrected chi connectivity index (χ2v) is 8.49. The summed E-state index contributed by atoms with van der Waals surface area (Å²) in [6, 6.07) is 0.671. The topological polar surface area (TPSA) is 70.7 Å². The van der Waals surface area contributed by atoms with E-state index in [4.69, 9.17) is 4.74 Å². The zero-order valence-electron chi connectivity index (χ0n) is 13.4. The van der Waals surface area contributed by atoms with Gasteiger partial charge in [0.2, 0.25) is 0 Å². The summed E-state index contributed by atoms with van der Waals surface area (Å²) in [5.74, 6) is 0. The van der Waals surface area contributed by atoms with E-state index in [1.807, 2.05) is 13.8 Å². The molecule has 1 unspecified atom stereocenters. The van der Waals surface area contributed by atoms with Crippen LogP contribution in [0.15, 0.2) is 0 Å². The molecule has 1 saturated heterocycles. The van der Waals surface area contributed by atoms with Gasteiger partial charge in [-0.3, -0.25) is 0 Å². The molecule has 2 N–H and O–H groups in total. The number of nitrogens with one attached hydrogen (secondary N) is 2. The van der Waals surface area contributed by atoms with Crippen LogP contribution in [0.25, 0.3) is 0 Å². The highest BCUT2D eigenvalue weighted by Crippen LogP contribution is 2.23. The Morgan fingerprint density at radius 2 is 1.95 bits per heavy atom. The molecule has 0 aromatic carbocycles. The molecule has 0 spiro atoms. The maximum absolute atomic E-state index is 12.7. The summed E-state index contributed by atoms with van der Waals surface area (Å²) in [6.45, 7) is 5.40. The van der Waals surface area contributed by atoms with Gasteiger partial charge in [-0.15, -0.1) is 0 Å². The number of nitrogens with zero attached hydrogens (tertiary/aromatic N) is 1. The standard InChI is InChI=1S/C14H29N3O3S/c1-14(2,11-20-3)16-21(18,19)17-9-5-4-6-13(17)10-15-12-7-8-12/h12-13,15-16H,4-11H2,1-3H3. The number of hydrogen-bond acceptors (Lipinski definition) is 4. The third-order valence-electron chi connectivity index (χ3n) is 4.01. The van der Waals surface area contributed by atoms with E-state index in [2.05, 4.69) is 10.0 Å². The molecule has 1 aliphatic heterocycles. The first-order valence-electron chi connectivity index (χ1n) is 7.87. The van der Waals surface area contributed by atoms with E-state index in [9.17, 15) is 8.42 Å². The van der Waals surface area contributed by atoms with Gasteiger partial charge in [0.25, 0.3) is 10.2 Å². The van der Waals surface area contributed by atoms with E-state index in [1.54, 1.807) is 11.4 Å². The Hall–Kier alpha value is -0.210. The van der Waals surface area contributed by atoms with Gasteiger partial charge in [-0.2, -0.15) is 17.4 Å². The van der Waals surface area contributed by atoms with Gasteiger partial charge in [0.05, 0.1) is 12.1 Å². The second kappa shape index (κ2) is 6.91. The van der Waals surface area contributed by atoms with Gasteiger partial charge in [-0.25, -0.2) is 0 Å². The fraction of sp³-hybridized carbons (Fsp3) is 1.00. The largest absolute Gasteiger partial charge is 0.383 e. The van der Waals surface area contributed by atoms with Crippen molar-refractivity contribution in [2.24, 2.45) is 0 Å². The van der Waals surface area contributed by atoms with Gasteiger partial charge in [0.15, 0.2) is 0 Å². The number of ether oxygens (including phenoxy) is 1. The fourth-order valence-corrected chi connectivity index (χ4v) is 4.70. The summed E-state index contributed by atoms with van der Waals surface area (Å²) in [6.07, 6.45) is 5.42. The molecule has 2 aliphatic rings. The zero-order valence-corrected chi connectivity index (χ0v) is 14.2. The Morgan fingerprint density at radius 1 is 1.24 bits per heavy atom. The van der Waals surface area contributed by atoms with Gasteiger partial charge >= 0.3 is 0 Å². The van der Waals surface area contributed by atoms with E-state index in [0.29, 0.717) is 19.2 Å². The Morgan fingerprint density at radius 3 is 2.57 bits per heavy atom. The highest BCUT2D eigenvalue weighted by atomic mass is 32.2. The molecule has 1 heterocycles. The molecule has 0 amide bonds. The molecule has 0 aromatic rings. The molecule has 2 fully saturated rings. The molecule has 2 rings (SSSR count). The molecule has 1 saturated carbocycles. The minimum atomic E-state index is -3.48. The van der Waals surface area contributed by atoms with Crippen LogP contribution in [0, 0.1) is 0 Å². The molecule has 21 heavy (non-hydrogen) atoms. The third-order valence-corrected chi connectivity index (χ3v) is 5.92. The van der Waals surface area contributed by atoms with Crippen molar-refractivity contribution in [3.8, 4) is 0 Å². The molecular formula is C14H29N3O3S. The van der Waals surface area contributed by atoms with Crippen LogP contribution in [-0.4, -0.2) is 57.2 Å². The van der Waals surface area contributed by atoms with Crippen molar-refractivity contribution in [3.63, 3.8) is 0 Å². The number of piperidine rings is 1. The molecule has 0 bridgehead atoms. The summed E-state index contributed by atoms with van der Waals surface area (Å²) in [5, 5.41) is 3.46. The molecule has 6 nitrogen and oxygen atoms in total. The minimum Gasteiger partial charge on any atom is -0.383 e. The summed E-state index contributed by atoms with van der Waals surface area (Å²) in [7, 11) is -1.89. The highest BCUT2D eigenvalue weighted by Gasteiger charge is 2.36. The van der Waals surface area contributed by atoms with Gasteiger partial charge in [0.1, 0.15) is 0 Å².